The second-order valence-corrected chi connectivity index (χ2v) is 4.16. The molecule has 1 nitrogen and oxygen atoms in total. The Kier molecular flexibility index (Phi) is 3.90. The van der Waals surface area contributed by atoms with Crippen LogP contribution in [0, 0.1) is 6.92 Å². The summed E-state index contributed by atoms with van der Waals surface area (Å²) < 4.78 is 1.02. The van der Waals surface area contributed by atoms with Crippen molar-refractivity contribution in [2.45, 2.75) is 13.8 Å². The van der Waals surface area contributed by atoms with E-state index in [1.807, 2.05) is 25.3 Å². The molecule has 0 spiro atoms. The first-order chi connectivity index (χ1) is 6.18. The summed E-state index contributed by atoms with van der Waals surface area (Å²) in [7, 11) is 0. The Morgan fingerprint density at radius 3 is 2.85 bits per heavy atom. The Morgan fingerprint density at radius 2 is 2.23 bits per heavy atom. The van der Waals surface area contributed by atoms with Crippen LogP contribution in [0.1, 0.15) is 18.1 Å². The minimum atomic E-state index is 1.02. The Hall–Kier alpha value is -0.890. The summed E-state index contributed by atoms with van der Waals surface area (Å²) in [6, 6.07) is 8.24. The molecule has 1 rings (SSSR count). The molecule has 1 aromatic rings. The van der Waals surface area contributed by atoms with Crippen LogP contribution in [0.15, 0.2) is 39.9 Å². The maximum absolute atomic E-state index is 4.15. The number of aryl methyl sites for hydroxylation is 1. The average Bonchev–Trinajstić information content (AvgIpc) is 2.03. The third kappa shape index (κ3) is 4.04. The van der Waals surface area contributed by atoms with Crippen LogP contribution >= 0.6 is 15.9 Å². The standard InChI is InChI=1S/C11H12BrN/c1-9-4-3-5-11(6-9)8-13-7-10(2)12/h3-8H,1-2H3/b10-7+,13-8+. The molecule has 0 saturated heterocycles. The topological polar surface area (TPSA) is 12.4 Å². The molecule has 0 N–H and O–H groups in total. The number of allylic oxidation sites excluding steroid dienone is 1. The van der Waals surface area contributed by atoms with Gasteiger partial charge in [-0.25, -0.2) is 0 Å². The molecule has 0 aromatic heterocycles. The van der Waals surface area contributed by atoms with E-state index < -0.39 is 0 Å². The van der Waals surface area contributed by atoms with E-state index in [0.29, 0.717) is 0 Å². The lowest BCUT2D eigenvalue weighted by molar-refractivity contribution is 1.45. The van der Waals surface area contributed by atoms with Crippen molar-refractivity contribution in [2.24, 2.45) is 4.99 Å². The molecule has 0 bridgehead atoms. The SMILES string of the molecule is C/C(Br)=C\N=C\c1cccc(C)c1. The maximum Gasteiger partial charge on any atom is 0.0366 e. The molecule has 13 heavy (non-hydrogen) atoms. The normalized spacial score (nSPS) is 12.4. The van der Waals surface area contributed by atoms with E-state index in [1.54, 1.807) is 6.20 Å². The monoisotopic (exact) mass is 237 g/mol. The van der Waals surface area contributed by atoms with Gasteiger partial charge < -0.3 is 0 Å². The smallest absolute Gasteiger partial charge is 0.0366 e. The quantitative estimate of drug-likeness (QED) is 0.697. The summed E-state index contributed by atoms with van der Waals surface area (Å²) in [5.74, 6) is 0. The summed E-state index contributed by atoms with van der Waals surface area (Å²) in [5.41, 5.74) is 2.38. The number of benzene rings is 1. The van der Waals surface area contributed by atoms with Gasteiger partial charge in [0.2, 0.25) is 0 Å². The zero-order valence-electron chi connectivity index (χ0n) is 7.79. The van der Waals surface area contributed by atoms with Crippen LogP contribution in [0.5, 0.6) is 0 Å². The molecular formula is C11H12BrN. The number of nitrogens with zero attached hydrogens (tertiary/aromatic N) is 1. The molecular weight excluding hydrogens is 226 g/mol. The van der Waals surface area contributed by atoms with Crippen molar-refractivity contribution < 1.29 is 0 Å². The van der Waals surface area contributed by atoms with E-state index >= 15 is 0 Å². The summed E-state index contributed by atoms with van der Waals surface area (Å²) in [4.78, 5) is 4.15. The zero-order valence-corrected chi connectivity index (χ0v) is 9.38. The fourth-order valence-electron chi connectivity index (χ4n) is 0.976. The highest BCUT2D eigenvalue weighted by Gasteiger charge is 1.86. The Labute approximate surface area is 87.3 Å². The van der Waals surface area contributed by atoms with E-state index in [4.69, 9.17) is 0 Å². The second-order valence-electron chi connectivity index (χ2n) is 2.91. The van der Waals surface area contributed by atoms with Crippen LogP contribution in [0.4, 0.5) is 0 Å². The van der Waals surface area contributed by atoms with Crippen LogP contribution in [0.25, 0.3) is 0 Å². The Bertz CT molecular complexity index is 336. The summed E-state index contributed by atoms with van der Waals surface area (Å²) in [5, 5.41) is 0. The van der Waals surface area contributed by atoms with Crippen molar-refractivity contribution >= 4 is 22.1 Å². The van der Waals surface area contributed by atoms with E-state index in [-0.39, 0.29) is 0 Å². The predicted octanol–water partition coefficient (Wildman–Crippen LogP) is 3.67. The minimum absolute atomic E-state index is 1.02. The molecule has 0 atom stereocenters. The van der Waals surface area contributed by atoms with E-state index in [2.05, 4.69) is 40.0 Å². The molecule has 0 heterocycles. The van der Waals surface area contributed by atoms with Crippen molar-refractivity contribution in [1.82, 2.24) is 0 Å². The van der Waals surface area contributed by atoms with Crippen LogP contribution < -0.4 is 0 Å². The zero-order chi connectivity index (χ0) is 9.68. The highest BCUT2D eigenvalue weighted by atomic mass is 79.9. The van der Waals surface area contributed by atoms with Gasteiger partial charge in [-0.3, -0.25) is 4.99 Å². The first-order valence-electron chi connectivity index (χ1n) is 4.10. The van der Waals surface area contributed by atoms with Crippen molar-refractivity contribution in [3.63, 3.8) is 0 Å². The Balaban J connectivity index is 2.75. The molecule has 2 heteroatoms. The first-order valence-corrected chi connectivity index (χ1v) is 4.90. The number of rotatable bonds is 2. The summed E-state index contributed by atoms with van der Waals surface area (Å²) in [6.07, 6.45) is 3.63. The molecule has 0 unspecified atom stereocenters. The van der Waals surface area contributed by atoms with Crippen molar-refractivity contribution in [3.05, 3.63) is 46.1 Å². The number of aliphatic imine (C=N–C) groups is 1. The maximum atomic E-state index is 4.15. The van der Waals surface area contributed by atoms with Gasteiger partial charge in [0.25, 0.3) is 0 Å². The molecule has 0 saturated carbocycles. The van der Waals surface area contributed by atoms with Crippen LogP contribution in [-0.4, -0.2) is 6.21 Å². The van der Waals surface area contributed by atoms with E-state index in [1.165, 1.54) is 5.56 Å². The van der Waals surface area contributed by atoms with Crippen LogP contribution in [0.2, 0.25) is 0 Å². The van der Waals surface area contributed by atoms with Gasteiger partial charge in [-0.1, -0.05) is 45.8 Å². The van der Waals surface area contributed by atoms with Gasteiger partial charge in [0.05, 0.1) is 0 Å². The van der Waals surface area contributed by atoms with Crippen LogP contribution in [-0.2, 0) is 0 Å². The molecule has 0 amide bonds. The van der Waals surface area contributed by atoms with E-state index in [9.17, 15) is 0 Å². The fourth-order valence-corrected chi connectivity index (χ4v) is 1.09. The highest BCUT2D eigenvalue weighted by Crippen LogP contribution is 2.03. The molecule has 68 valence electrons. The molecule has 1 aromatic carbocycles. The number of halogens is 1. The van der Waals surface area contributed by atoms with Crippen molar-refractivity contribution in [3.8, 4) is 0 Å². The lowest BCUT2D eigenvalue weighted by Crippen LogP contribution is -1.80. The Morgan fingerprint density at radius 1 is 1.46 bits per heavy atom. The van der Waals surface area contributed by atoms with Gasteiger partial charge in [-0.05, 0) is 19.4 Å². The lowest BCUT2D eigenvalue weighted by atomic mass is 10.2. The minimum Gasteiger partial charge on any atom is -0.263 e. The second kappa shape index (κ2) is 4.97. The number of hydrogen-bond donors (Lipinski definition) is 0. The molecule has 0 aliphatic rings. The van der Waals surface area contributed by atoms with Crippen molar-refractivity contribution in [1.29, 1.82) is 0 Å². The lowest BCUT2D eigenvalue weighted by Gasteiger charge is -1.93. The summed E-state index contributed by atoms with van der Waals surface area (Å²) >= 11 is 3.31. The highest BCUT2D eigenvalue weighted by molar-refractivity contribution is 9.11. The van der Waals surface area contributed by atoms with E-state index in [0.717, 1.165) is 10.0 Å². The van der Waals surface area contributed by atoms with Gasteiger partial charge in [0, 0.05) is 16.9 Å². The fraction of sp³-hybridized carbons (Fsp3) is 0.182. The molecule has 0 radical (unpaired) electrons. The third-order valence-electron chi connectivity index (χ3n) is 1.52. The summed E-state index contributed by atoms with van der Waals surface area (Å²) in [6.45, 7) is 4.02. The van der Waals surface area contributed by atoms with Crippen LogP contribution in [0.3, 0.4) is 0 Å². The molecule has 0 aliphatic heterocycles. The van der Waals surface area contributed by atoms with Crippen molar-refractivity contribution in [2.75, 3.05) is 0 Å². The predicted molar refractivity (Wildman–Crippen MR) is 61.5 cm³/mol. The van der Waals surface area contributed by atoms with Gasteiger partial charge in [0.1, 0.15) is 0 Å². The van der Waals surface area contributed by atoms with Gasteiger partial charge in [-0.2, -0.15) is 0 Å². The largest absolute Gasteiger partial charge is 0.263 e. The molecule has 0 fully saturated rings. The van der Waals surface area contributed by atoms with Gasteiger partial charge in [-0.15, -0.1) is 0 Å². The average molecular weight is 238 g/mol. The molecule has 0 aliphatic carbocycles. The van der Waals surface area contributed by atoms with Gasteiger partial charge >= 0.3 is 0 Å². The van der Waals surface area contributed by atoms with Gasteiger partial charge in [0.15, 0.2) is 0 Å². The number of hydrogen-bond acceptors (Lipinski definition) is 1. The first kappa shape index (κ1) is 10.2. The third-order valence-corrected chi connectivity index (χ3v) is 1.72.